The number of ether oxygens (including phenoxy) is 3. The summed E-state index contributed by atoms with van der Waals surface area (Å²) >= 11 is 1.38. The number of Topliss-reactive ketones (excluding diaryl/α,β-unsaturated/α-hetero) is 1. The lowest BCUT2D eigenvalue weighted by atomic mass is 10.1. The van der Waals surface area contributed by atoms with Crippen LogP contribution in [0, 0.1) is 0 Å². The topological polar surface area (TPSA) is 103 Å². The van der Waals surface area contributed by atoms with Crippen molar-refractivity contribution in [1.29, 1.82) is 0 Å². The van der Waals surface area contributed by atoms with Crippen molar-refractivity contribution in [3.8, 4) is 17.2 Å². The van der Waals surface area contributed by atoms with Gasteiger partial charge in [0.25, 0.3) is 11.8 Å². The lowest BCUT2D eigenvalue weighted by molar-refractivity contribution is -0.113. The normalized spacial score (nSPS) is 10.9. The number of benzene rings is 4. The number of hydrogen-bond acceptors (Lipinski definition) is 7. The SMILES string of the molecule is COc1ccccc1C(=O)CSc1ccc(NC(=O)/C(=C/c2cccc(OC)c2OC)NC(=O)c2ccccc2)cc1. The second-order valence-corrected chi connectivity index (χ2v) is 9.90. The van der Waals surface area contributed by atoms with E-state index in [-0.39, 0.29) is 17.2 Å². The molecular formula is C33H30N2O6S. The fraction of sp³-hybridized carbons (Fsp3) is 0.121. The van der Waals surface area contributed by atoms with Gasteiger partial charge in [-0.1, -0.05) is 42.5 Å². The summed E-state index contributed by atoms with van der Waals surface area (Å²) in [5.41, 5.74) is 2.00. The van der Waals surface area contributed by atoms with Crippen LogP contribution in [0.3, 0.4) is 0 Å². The van der Waals surface area contributed by atoms with Gasteiger partial charge in [-0.15, -0.1) is 11.8 Å². The summed E-state index contributed by atoms with van der Waals surface area (Å²) in [5.74, 6) is 0.650. The summed E-state index contributed by atoms with van der Waals surface area (Å²) in [6, 6.07) is 28.1. The summed E-state index contributed by atoms with van der Waals surface area (Å²) in [4.78, 5) is 39.9. The fourth-order valence-electron chi connectivity index (χ4n) is 4.06. The van der Waals surface area contributed by atoms with Gasteiger partial charge >= 0.3 is 0 Å². The van der Waals surface area contributed by atoms with E-state index in [1.54, 1.807) is 78.9 Å². The molecule has 4 rings (SSSR count). The Morgan fingerprint density at radius 2 is 1.40 bits per heavy atom. The van der Waals surface area contributed by atoms with Gasteiger partial charge < -0.3 is 24.8 Å². The third-order valence-corrected chi connectivity index (χ3v) is 7.16. The molecule has 0 bridgehead atoms. The van der Waals surface area contributed by atoms with Crippen LogP contribution in [0.15, 0.2) is 108 Å². The zero-order chi connectivity index (χ0) is 29.9. The molecule has 0 aromatic heterocycles. The molecule has 0 radical (unpaired) electrons. The van der Waals surface area contributed by atoms with Crippen molar-refractivity contribution < 1.29 is 28.6 Å². The Hall–Kier alpha value is -5.02. The second-order valence-electron chi connectivity index (χ2n) is 8.85. The van der Waals surface area contributed by atoms with Gasteiger partial charge in [0.15, 0.2) is 17.3 Å². The number of methoxy groups -OCH3 is 3. The standard InChI is InChI=1S/C33H30N2O6S/c1-39-29-14-8-7-13-26(29)28(36)21-42-25-18-16-24(17-19-25)34-33(38)27(35-32(37)22-10-5-4-6-11-22)20-23-12-9-15-30(40-2)31(23)41-3/h4-20H,21H2,1-3H3,(H,34,38)(H,35,37)/b27-20-. The molecule has 0 aliphatic rings. The predicted molar refractivity (Wildman–Crippen MR) is 165 cm³/mol. The molecule has 0 fully saturated rings. The van der Waals surface area contributed by atoms with Gasteiger partial charge in [0.05, 0.1) is 32.6 Å². The maximum absolute atomic E-state index is 13.4. The van der Waals surface area contributed by atoms with Gasteiger partial charge in [-0.25, -0.2) is 0 Å². The Bertz CT molecular complexity index is 1590. The molecule has 0 aliphatic heterocycles. The average molecular weight is 583 g/mol. The van der Waals surface area contributed by atoms with Gasteiger partial charge in [0.1, 0.15) is 11.4 Å². The highest BCUT2D eigenvalue weighted by molar-refractivity contribution is 8.00. The monoisotopic (exact) mass is 582 g/mol. The average Bonchev–Trinajstić information content (AvgIpc) is 3.04. The molecule has 42 heavy (non-hydrogen) atoms. The minimum Gasteiger partial charge on any atom is -0.496 e. The van der Waals surface area contributed by atoms with E-state index in [1.807, 2.05) is 18.2 Å². The number of nitrogens with one attached hydrogen (secondary N) is 2. The summed E-state index contributed by atoms with van der Waals surface area (Å²) in [7, 11) is 4.56. The minimum absolute atomic E-state index is 0.0104. The molecule has 8 nitrogen and oxygen atoms in total. The van der Waals surface area contributed by atoms with Crippen molar-refractivity contribution in [3.63, 3.8) is 0 Å². The highest BCUT2D eigenvalue weighted by Crippen LogP contribution is 2.32. The van der Waals surface area contributed by atoms with Gasteiger partial charge in [-0.2, -0.15) is 0 Å². The van der Waals surface area contributed by atoms with Gasteiger partial charge in [0, 0.05) is 21.7 Å². The highest BCUT2D eigenvalue weighted by atomic mass is 32.2. The molecule has 0 heterocycles. The van der Waals surface area contributed by atoms with E-state index in [2.05, 4.69) is 10.6 Å². The van der Waals surface area contributed by atoms with Crippen LogP contribution in [0.4, 0.5) is 5.69 Å². The van der Waals surface area contributed by atoms with E-state index in [4.69, 9.17) is 14.2 Å². The van der Waals surface area contributed by atoms with Gasteiger partial charge in [0.2, 0.25) is 0 Å². The van der Waals surface area contributed by atoms with Crippen LogP contribution < -0.4 is 24.8 Å². The maximum atomic E-state index is 13.4. The van der Waals surface area contributed by atoms with E-state index in [9.17, 15) is 14.4 Å². The number of para-hydroxylation sites is 2. The Labute approximate surface area is 248 Å². The number of carbonyl (C=O) groups is 3. The minimum atomic E-state index is -0.532. The Morgan fingerprint density at radius 3 is 2.10 bits per heavy atom. The number of carbonyl (C=O) groups excluding carboxylic acids is 3. The molecule has 2 N–H and O–H groups in total. The summed E-state index contributed by atoms with van der Waals surface area (Å²) < 4.78 is 16.2. The molecule has 9 heteroatoms. The molecule has 0 spiro atoms. The summed E-state index contributed by atoms with van der Waals surface area (Å²) in [5, 5.41) is 5.55. The second kappa shape index (κ2) is 14.6. The van der Waals surface area contributed by atoms with Gasteiger partial charge in [-0.05, 0) is 60.7 Å². The van der Waals surface area contributed by atoms with Crippen molar-refractivity contribution in [3.05, 3.63) is 119 Å². The van der Waals surface area contributed by atoms with E-state index < -0.39 is 11.8 Å². The maximum Gasteiger partial charge on any atom is 0.272 e. The van der Waals surface area contributed by atoms with E-state index >= 15 is 0 Å². The zero-order valence-corrected chi connectivity index (χ0v) is 24.2. The van der Waals surface area contributed by atoms with Gasteiger partial charge in [-0.3, -0.25) is 14.4 Å². The number of hydrogen-bond donors (Lipinski definition) is 2. The first-order valence-electron chi connectivity index (χ1n) is 12.9. The number of thioether (sulfide) groups is 1. The molecule has 2 amide bonds. The first kappa shape index (κ1) is 30.0. The van der Waals surface area contributed by atoms with E-state index in [0.29, 0.717) is 39.6 Å². The number of rotatable bonds is 12. The highest BCUT2D eigenvalue weighted by Gasteiger charge is 2.18. The largest absolute Gasteiger partial charge is 0.496 e. The van der Waals surface area contributed by atoms with Crippen LogP contribution in [0.2, 0.25) is 0 Å². The third-order valence-electron chi connectivity index (χ3n) is 6.15. The van der Waals surface area contributed by atoms with Crippen molar-refractivity contribution in [1.82, 2.24) is 5.32 Å². The quantitative estimate of drug-likeness (QED) is 0.118. The zero-order valence-electron chi connectivity index (χ0n) is 23.4. The molecule has 4 aromatic rings. The van der Waals surface area contributed by atoms with Crippen molar-refractivity contribution in [2.45, 2.75) is 4.90 Å². The molecule has 0 aliphatic carbocycles. The Morgan fingerprint density at radius 1 is 0.738 bits per heavy atom. The van der Waals surface area contributed by atoms with Crippen LogP contribution >= 0.6 is 11.8 Å². The first-order chi connectivity index (χ1) is 20.4. The predicted octanol–water partition coefficient (Wildman–Crippen LogP) is 6.10. The smallest absolute Gasteiger partial charge is 0.272 e. The lowest BCUT2D eigenvalue weighted by Crippen LogP contribution is -2.30. The molecular weight excluding hydrogens is 552 g/mol. The molecule has 4 aromatic carbocycles. The molecule has 0 saturated heterocycles. The number of anilines is 1. The third kappa shape index (κ3) is 7.58. The summed E-state index contributed by atoms with van der Waals surface area (Å²) in [6.07, 6.45) is 1.53. The van der Waals surface area contributed by atoms with Crippen molar-refractivity contribution in [2.75, 3.05) is 32.4 Å². The Kier molecular flexibility index (Phi) is 10.4. The van der Waals surface area contributed by atoms with Crippen LogP contribution in [-0.4, -0.2) is 44.7 Å². The number of ketones is 1. The fourth-order valence-corrected chi connectivity index (χ4v) is 4.84. The number of amides is 2. The first-order valence-corrected chi connectivity index (χ1v) is 13.9. The molecule has 0 atom stereocenters. The van der Waals surface area contributed by atoms with Crippen molar-refractivity contribution in [2.24, 2.45) is 0 Å². The van der Waals surface area contributed by atoms with E-state index in [0.717, 1.165) is 4.90 Å². The summed E-state index contributed by atoms with van der Waals surface area (Å²) in [6.45, 7) is 0. The van der Waals surface area contributed by atoms with Crippen LogP contribution in [0.25, 0.3) is 6.08 Å². The molecule has 214 valence electrons. The van der Waals surface area contributed by atoms with Crippen LogP contribution in [0.1, 0.15) is 26.3 Å². The van der Waals surface area contributed by atoms with Crippen molar-refractivity contribution >= 4 is 41.1 Å². The molecule has 0 saturated carbocycles. The molecule has 0 unspecified atom stereocenters. The van der Waals surface area contributed by atoms with Crippen LogP contribution in [-0.2, 0) is 4.79 Å². The van der Waals surface area contributed by atoms with E-state index in [1.165, 1.54) is 39.2 Å². The Balaban J connectivity index is 1.51. The van der Waals surface area contributed by atoms with Crippen LogP contribution in [0.5, 0.6) is 17.2 Å². The lowest BCUT2D eigenvalue weighted by Gasteiger charge is -2.14.